The molecule has 6 nitrogen and oxygen atoms in total. The number of nitrogens with one attached hydrogen (secondary N) is 1. The predicted octanol–water partition coefficient (Wildman–Crippen LogP) is 4.45. The van der Waals surface area contributed by atoms with Crippen LogP contribution in [-0.2, 0) is 14.8 Å². The minimum absolute atomic E-state index is 0.203. The monoisotopic (exact) mass is 482 g/mol. The van der Waals surface area contributed by atoms with Crippen LogP contribution < -0.4 is 5.32 Å². The van der Waals surface area contributed by atoms with E-state index in [-0.39, 0.29) is 16.8 Å². The largest absolute Gasteiger partial charge is 0.378 e. The van der Waals surface area contributed by atoms with Gasteiger partial charge in [0.1, 0.15) is 0 Å². The van der Waals surface area contributed by atoms with Gasteiger partial charge in [-0.3, -0.25) is 4.79 Å². The molecule has 0 aliphatic carbocycles. The first-order valence-corrected chi connectivity index (χ1v) is 11.8. The summed E-state index contributed by atoms with van der Waals surface area (Å²) in [7, 11) is -3.58. The Morgan fingerprint density at radius 1 is 1.17 bits per heavy atom. The highest BCUT2D eigenvalue weighted by atomic mass is 79.9. The number of ether oxygens (including phenoxy) is 1. The third-order valence-corrected chi connectivity index (χ3v) is 7.36. The summed E-state index contributed by atoms with van der Waals surface area (Å²) >= 11 is 3.41. The Morgan fingerprint density at radius 3 is 2.41 bits per heavy atom. The van der Waals surface area contributed by atoms with Crippen LogP contribution in [0.5, 0.6) is 0 Å². The van der Waals surface area contributed by atoms with Gasteiger partial charge in [-0.15, -0.1) is 0 Å². The van der Waals surface area contributed by atoms with E-state index < -0.39 is 10.0 Å². The maximum Gasteiger partial charge on any atom is 0.255 e. The molecule has 29 heavy (non-hydrogen) atoms. The molecule has 1 unspecified atom stereocenters. The number of sulfonamides is 1. The van der Waals surface area contributed by atoms with Gasteiger partial charge in [0.05, 0.1) is 18.1 Å². The van der Waals surface area contributed by atoms with Crippen molar-refractivity contribution in [1.29, 1.82) is 0 Å². The van der Waals surface area contributed by atoms with Gasteiger partial charge >= 0.3 is 0 Å². The third-order valence-electron chi connectivity index (χ3n) is 4.45. The van der Waals surface area contributed by atoms with Crippen LogP contribution in [0, 0.1) is 6.92 Å². The smallest absolute Gasteiger partial charge is 0.255 e. The molecule has 2 aromatic rings. The first-order valence-electron chi connectivity index (χ1n) is 9.56. The fraction of sp³-hybridized carbons (Fsp3) is 0.381. The van der Waals surface area contributed by atoms with Crippen LogP contribution in [0.15, 0.2) is 51.8 Å². The number of anilines is 1. The van der Waals surface area contributed by atoms with Crippen LogP contribution in [0.2, 0.25) is 0 Å². The van der Waals surface area contributed by atoms with Gasteiger partial charge in [-0.25, -0.2) is 8.42 Å². The lowest BCUT2D eigenvalue weighted by Crippen LogP contribution is -2.46. The fourth-order valence-electron chi connectivity index (χ4n) is 2.90. The molecule has 0 aromatic heterocycles. The van der Waals surface area contributed by atoms with Crippen molar-refractivity contribution in [3.63, 3.8) is 0 Å². The van der Waals surface area contributed by atoms with Gasteiger partial charge in [0.25, 0.3) is 5.91 Å². The average molecular weight is 483 g/mol. The number of amides is 1. The van der Waals surface area contributed by atoms with Crippen molar-refractivity contribution in [2.75, 3.05) is 25.1 Å². The van der Waals surface area contributed by atoms with E-state index in [9.17, 15) is 13.2 Å². The summed E-state index contributed by atoms with van der Waals surface area (Å²) in [4.78, 5) is 12.6. The average Bonchev–Trinajstić information content (AvgIpc) is 2.72. The number of rotatable bonds is 4. The Kier molecular flexibility index (Phi) is 8.39. The second kappa shape index (κ2) is 10.3. The Balaban J connectivity index is 0.00000145. The zero-order valence-corrected chi connectivity index (χ0v) is 19.5. The molecule has 2 aromatic carbocycles. The Labute approximate surface area is 181 Å². The van der Waals surface area contributed by atoms with Gasteiger partial charge in [0.2, 0.25) is 10.0 Å². The number of carbonyl (C=O) groups is 1. The molecule has 1 fully saturated rings. The van der Waals surface area contributed by atoms with Crippen LogP contribution in [-0.4, -0.2) is 44.4 Å². The number of nitrogens with zero attached hydrogens (tertiary/aromatic N) is 1. The van der Waals surface area contributed by atoms with Gasteiger partial charge < -0.3 is 10.1 Å². The van der Waals surface area contributed by atoms with Crippen LogP contribution in [0.4, 0.5) is 5.69 Å². The number of halogens is 1. The number of morpholine rings is 1. The van der Waals surface area contributed by atoms with Crippen LogP contribution in [0.1, 0.15) is 36.7 Å². The standard InChI is InChI=1S/C19H21BrN2O4S.C2H6/c1-13-11-15(3-8-18(13)20)19(23)21-16-4-6-17(7-5-16)27(24,25)22-9-10-26-12-14(22)2;1-2/h3-8,11,14H,9-10,12H2,1-2H3,(H,21,23);1-2H3. The number of benzene rings is 2. The van der Waals surface area contributed by atoms with Crippen molar-refractivity contribution in [2.45, 2.75) is 38.6 Å². The summed E-state index contributed by atoms with van der Waals surface area (Å²) in [5.41, 5.74) is 2.04. The molecule has 0 saturated carbocycles. The molecule has 0 spiro atoms. The number of hydrogen-bond donors (Lipinski definition) is 1. The van der Waals surface area contributed by atoms with E-state index in [4.69, 9.17) is 4.74 Å². The van der Waals surface area contributed by atoms with Gasteiger partial charge in [-0.1, -0.05) is 29.8 Å². The molecule has 1 amide bonds. The molecule has 1 N–H and O–H groups in total. The highest BCUT2D eigenvalue weighted by Gasteiger charge is 2.31. The number of carbonyl (C=O) groups excluding carboxylic acids is 1. The molecule has 1 saturated heterocycles. The van der Waals surface area contributed by atoms with E-state index in [2.05, 4.69) is 21.2 Å². The highest BCUT2D eigenvalue weighted by molar-refractivity contribution is 9.10. The van der Waals surface area contributed by atoms with E-state index in [1.165, 1.54) is 16.4 Å². The first-order chi connectivity index (χ1) is 13.8. The van der Waals surface area contributed by atoms with Crippen molar-refractivity contribution in [1.82, 2.24) is 4.31 Å². The SMILES string of the molecule is CC.Cc1cc(C(=O)Nc2ccc(S(=O)(=O)N3CCOCC3C)cc2)ccc1Br. The predicted molar refractivity (Wildman–Crippen MR) is 119 cm³/mol. The fourth-order valence-corrected chi connectivity index (χ4v) is 4.75. The van der Waals surface area contributed by atoms with Gasteiger partial charge in [-0.05, 0) is 61.9 Å². The van der Waals surface area contributed by atoms with Crippen molar-refractivity contribution >= 4 is 37.5 Å². The van der Waals surface area contributed by atoms with Gasteiger partial charge in [0, 0.05) is 28.3 Å². The topological polar surface area (TPSA) is 75.7 Å². The Morgan fingerprint density at radius 2 is 1.83 bits per heavy atom. The van der Waals surface area contributed by atoms with E-state index in [1.807, 2.05) is 33.8 Å². The zero-order valence-electron chi connectivity index (χ0n) is 17.1. The first kappa shape index (κ1) is 23.5. The molecule has 158 valence electrons. The summed E-state index contributed by atoms with van der Waals surface area (Å²) in [6.07, 6.45) is 0. The Bertz CT molecular complexity index is 946. The van der Waals surface area contributed by atoms with Gasteiger partial charge in [-0.2, -0.15) is 4.31 Å². The van der Waals surface area contributed by atoms with E-state index >= 15 is 0 Å². The second-order valence-corrected chi connectivity index (χ2v) is 9.23. The molecule has 1 aliphatic rings. The van der Waals surface area contributed by atoms with Crippen molar-refractivity contribution in [3.05, 3.63) is 58.1 Å². The Hall–Kier alpha value is -1.74. The van der Waals surface area contributed by atoms with Crippen LogP contribution in [0.25, 0.3) is 0 Å². The second-order valence-electron chi connectivity index (χ2n) is 6.48. The quantitative estimate of drug-likeness (QED) is 0.698. The molecule has 3 rings (SSSR count). The molecule has 1 heterocycles. The number of aryl methyl sites for hydroxylation is 1. The van der Waals surface area contributed by atoms with Crippen molar-refractivity contribution in [2.24, 2.45) is 0 Å². The third kappa shape index (κ3) is 5.66. The molecular weight excluding hydrogens is 456 g/mol. The van der Waals surface area contributed by atoms with E-state index in [0.717, 1.165) is 10.0 Å². The summed E-state index contributed by atoms with van der Waals surface area (Å²) in [5.74, 6) is -0.247. The molecule has 1 atom stereocenters. The van der Waals surface area contributed by atoms with E-state index in [1.54, 1.807) is 24.3 Å². The summed E-state index contributed by atoms with van der Waals surface area (Å²) < 4.78 is 33.3. The highest BCUT2D eigenvalue weighted by Crippen LogP contribution is 2.23. The lowest BCUT2D eigenvalue weighted by Gasteiger charge is -2.32. The summed E-state index contributed by atoms with van der Waals surface area (Å²) in [6.45, 7) is 8.86. The zero-order chi connectivity index (χ0) is 21.6. The van der Waals surface area contributed by atoms with Crippen molar-refractivity contribution < 1.29 is 17.9 Å². The lowest BCUT2D eigenvalue weighted by atomic mass is 10.1. The summed E-state index contributed by atoms with van der Waals surface area (Å²) in [5, 5.41) is 2.79. The molecule has 0 radical (unpaired) electrons. The minimum atomic E-state index is -3.58. The molecule has 1 aliphatic heterocycles. The van der Waals surface area contributed by atoms with Crippen molar-refractivity contribution in [3.8, 4) is 0 Å². The maximum absolute atomic E-state index is 12.8. The van der Waals surface area contributed by atoms with E-state index in [0.29, 0.717) is 31.0 Å². The molecular formula is C21H27BrN2O4S. The minimum Gasteiger partial charge on any atom is -0.378 e. The lowest BCUT2D eigenvalue weighted by molar-refractivity contribution is 0.0393. The molecule has 0 bridgehead atoms. The molecule has 8 heteroatoms. The number of hydrogen-bond acceptors (Lipinski definition) is 4. The normalized spacial score (nSPS) is 17.2. The van der Waals surface area contributed by atoms with Gasteiger partial charge in [0.15, 0.2) is 0 Å². The summed E-state index contributed by atoms with van der Waals surface area (Å²) in [6, 6.07) is 11.4. The van der Waals surface area contributed by atoms with Crippen LogP contribution in [0.3, 0.4) is 0 Å². The van der Waals surface area contributed by atoms with Crippen LogP contribution >= 0.6 is 15.9 Å². The maximum atomic E-state index is 12.8.